The standard InChI is InChI=1S/C25H27N3O8S/c29-21(27-20(13-37)23(32)26-11-22(30)31)10-9-19(24(33)34)28-25(35)36-12-18-16-7-3-1-5-14(16)15-6-2-4-8-17(15)18/h1-8,18-20,37H,9-13H2,(H,26,32)(H,27,29)(H,28,35)(H,30,31)(H,33,34)/t19-,20-/m0/s1. The predicted molar refractivity (Wildman–Crippen MR) is 135 cm³/mol. The molecule has 0 aromatic heterocycles. The van der Waals surface area contributed by atoms with Crippen LogP contribution in [0.4, 0.5) is 4.79 Å². The van der Waals surface area contributed by atoms with Crippen molar-refractivity contribution in [2.45, 2.75) is 30.8 Å². The summed E-state index contributed by atoms with van der Waals surface area (Å²) in [6.07, 6.45) is -1.52. The van der Waals surface area contributed by atoms with Gasteiger partial charge in [0.15, 0.2) is 0 Å². The van der Waals surface area contributed by atoms with Gasteiger partial charge in [-0.15, -0.1) is 0 Å². The molecule has 11 nitrogen and oxygen atoms in total. The Labute approximate surface area is 218 Å². The number of alkyl carbamates (subject to hydrolysis) is 1. The van der Waals surface area contributed by atoms with Gasteiger partial charge in [0, 0.05) is 18.1 Å². The van der Waals surface area contributed by atoms with Gasteiger partial charge in [0.25, 0.3) is 0 Å². The van der Waals surface area contributed by atoms with E-state index in [1.54, 1.807) is 0 Å². The zero-order chi connectivity index (χ0) is 26.9. The van der Waals surface area contributed by atoms with E-state index in [0.717, 1.165) is 22.3 Å². The summed E-state index contributed by atoms with van der Waals surface area (Å²) in [5, 5.41) is 24.9. The van der Waals surface area contributed by atoms with E-state index in [-0.39, 0.29) is 31.1 Å². The van der Waals surface area contributed by atoms with Crippen molar-refractivity contribution in [2.75, 3.05) is 18.9 Å². The van der Waals surface area contributed by atoms with Crippen LogP contribution < -0.4 is 16.0 Å². The summed E-state index contributed by atoms with van der Waals surface area (Å²) in [5.41, 5.74) is 4.12. The molecule has 0 aliphatic heterocycles. The van der Waals surface area contributed by atoms with E-state index in [1.165, 1.54) is 0 Å². The summed E-state index contributed by atoms with van der Waals surface area (Å²) in [6.45, 7) is -0.619. The third kappa shape index (κ3) is 7.23. The van der Waals surface area contributed by atoms with Crippen LogP contribution in [0.15, 0.2) is 48.5 Å². The monoisotopic (exact) mass is 529 g/mol. The molecule has 0 saturated carbocycles. The summed E-state index contributed by atoms with van der Waals surface area (Å²) < 4.78 is 5.36. The Morgan fingerprint density at radius 2 is 1.49 bits per heavy atom. The number of carboxylic acid groups (broad SMARTS) is 2. The molecule has 3 amide bonds. The molecule has 3 rings (SSSR count). The molecule has 0 radical (unpaired) electrons. The van der Waals surface area contributed by atoms with Crippen molar-refractivity contribution < 1.29 is 38.9 Å². The van der Waals surface area contributed by atoms with Gasteiger partial charge in [-0.05, 0) is 28.7 Å². The molecule has 0 bridgehead atoms. The lowest BCUT2D eigenvalue weighted by atomic mass is 9.98. The van der Waals surface area contributed by atoms with E-state index in [0.29, 0.717) is 0 Å². The summed E-state index contributed by atoms with van der Waals surface area (Å²) in [6, 6.07) is 13.1. The molecule has 0 spiro atoms. The minimum absolute atomic E-state index is 0.00175. The fourth-order valence-corrected chi connectivity index (χ4v) is 4.32. The SMILES string of the molecule is O=C(O)CNC(=O)[C@H](CS)NC(=O)CC[C@H](NC(=O)OCC1c2ccccc2-c2ccccc21)C(=O)O. The number of hydrogen-bond acceptors (Lipinski definition) is 7. The Morgan fingerprint density at radius 1 is 0.892 bits per heavy atom. The van der Waals surface area contributed by atoms with Crippen molar-refractivity contribution in [3.8, 4) is 11.1 Å². The normalized spacial score (nSPS) is 13.4. The molecule has 196 valence electrons. The average Bonchev–Trinajstić information content (AvgIpc) is 3.20. The summed E-state index contributed by atoms with van der Waals surface area (Å²) in [4.78, 5) is 58.8. The Bertz CT molecular complexity index is 1140. The van der Waals surface area contributed by atoms with Crippen molar-refractivity contribution >= 4 is 42.5 Å². The number of rotatable bonds is 12. The van der Waals surface area contributed by atoms with Crippen molar-refractivity contribution in [3.05, 3.63) is 59.7 Å². The molecule has 12 heteroatoms. The molecule has 37 heavy (non-hydrogen) atoms. The topological polar surface area (TPSA) is 171 Å². The first-order valence-corrected chi connectivity index (χ1v) is 12.1. The summed E-state index contributed by atoms with van der Waals surface area (Å²) in [5.74, 6) is -4.30. The maximum absolute atomic E-state index is 12.4. The highest BCUT2D eigenvalue weighted by Crippen LogP contribution is 2.44. The molecule has 2 aromatic carbocycles. The number of nitrogens with one attached hydrogen (secondary N) is 3. The predicted octanol–water partition coefficient (Wildman–Crippen LogP) is 1.37. The van der Waals surface area contributed by atoms with Gasteiger partial charge in [0.1, 0.15) is 25.2 Å². The first-order chi connectivity index (χ1) is 17.7. The molecule has 0 heterocycles. The zero-order valence-electron chi connectivity index (χ0n) is 19.7. The number of ether oxygens (including phenoxy) is 1. The van der Waals surface area contributed by atoms with Gasteiger partial charge >= 0.3 is 18.0 Å². The van der Waals surface area contributed by atoms with Crippen LogP contribution in [0.2, 0.25) is 0 Å². The molecule has 0 saturated heterocycles. The highest BCUT2D eigenvalue weighted by atomic mass is 32.1. The maximum Gasteiger partial charge on any atom is 0.407 e. The van der Waals surface area contributed by atoms with Gasteiger partial charge in [-0.3, -0.25) is 14.4 Å². The Hall–Kier alpha value is -4.06. The number of fused-ring (bicyclic) bond motifs is 3. The second-order valence-electron chi connectivity index (χ2n) is 8.31. The smallest absolute Gasteiger partial charge is 0.407 e. The van der Waals surface area contributed by atoms with Crippen LogP contribution in [0.5, 0.6) is 0 Å². The Morgan fingerprint density at radius 3 is 2.03 bits per heavy atom. The van der Waals surface area contributed by atoms with Crippen molar-refractivity contribution in [1.29, 1.82) is 0 Å². The van der Waals surface area contributed by atoms with Gasteiger partial charge < -0.3 is 30.9 Å². The lowest BCUT2D eigenvalue weighted by molar-refractivity contribution is -0.139. The van der Waals surface area contributed by atoms with Crippen LogP contribution in [0.25, 0.3) is 11.1 Å². The van der Waals surface area contributed by atoms with E-state index in [4.69, 9.17) is 9.84 Å². The van der Waals surface area contributed by atoms with Crippen LogP contribution in [0, 0.1) is 0 Å². The molecule has 2 aromatic rings. The fraction of sp³-hybridized carbons (Fsp3) is 0.320. The van der Waals surface area contributed by atoms with Gasteiger partial charge in [-0.25, -0.2) is 9.59 Å². The quantitative estimate of drug-likeness (QED) is 0.224. The van der Waals surface area contributed by atoms with Crippen molar-refractivity contribution in [3.63, 3.8) is 0 Å². The van der Waals surface area contributed by atoms with Gasteiger partial charge in [0.05, 0.1) is 0 Å². The number of carbonyl (C=O) groups excluding carboxylic acids is 3. The summed E-state index contributed by atoms with van der Waals surface area (Å²) >= 11 is 3.97. The van der Waals surface area contributed by atoms with E-state index in [9.17, 15) is 29.1 Å². The molecule has 2 atom stereocenters. The van der Waals surface area contributed by atoms with Gasteiger partial charge in [-0.2, -0.15) is 12.6 Å². The van der Waals surface area contributed by atoms with Crippen molar-refractivity contribution in [1.82, 2.24) is 16.0 Å². The van der Waals surface area contributed by atoms with Gasteiger partial charge in [0.2, 0.25) is 11.8 Å². The number of carboxylic acids is 2. The molecule has 0 fully saturated rings. The van der Waals surface area contributed by atoms with E-state index in [1.807, 2.05) is 48.5 Å². The largest absolute Gasteiger partial charge is 0.480 e. The van der Waals surface area contributed by atoms with Crippen LogP contribution in [-0.4, -0.2) is 71.0 Å². The average molecular weight is 530 g/mol. The minimum atomic E-state index is -1.41. The number of benzene rings is 2. The second kappa shape index (κ2) is 12.8. The van der Waals surface area contributed by atoms with Crippen LogP contribution >= 0.6 is 12.6 Å². The van der Waals surface area contributed by atoms with E-state index in [2.05, 4.69) is 28.6 Å². The third-order valence-corrected chi connectivity index (χ3v) is 6.21. The number of thiol groups is 1. The summed E-state index contributed by atoms with van der Waals surface area (Å²) in [7, 11) is 0. The maximum atomic E-state index is 12.4. The third-order valence-electron chi connectivity index (χ3n) is 5.84. The lowest BCUT2D eigenvalue weighted by Gasteiger charge is -2.18. The molecule has 5 N–H and O–H groups in total. The number of carbonyl (C=O) groups is 5. The first-order valence-electron chi connectivity index (χ1n) is 11.4. The van der Waals surface area contributed by atoms with E-state index < -0.39 is 48.5 Å². The molecule has 0 unspecified atom stereocenters. The van der Waals surface area contributed by atoms with Crippen LogP contribution in [-0.2, 0) is 23.9 Å². The van der Waals surface area contributed by atoms with Crippen LogP contribution in [0.1, 0.15) is 29.9 Å². The lowest BCUT2D eigenvalue weighted by Crippen LogP contribution is -2.49. The number of aliphatic carboxylic acids is 2. The highest BCUT2D eigenvalue weighted by molar-refractivity contribution is 7.80. The molecule has 1 aliphatic rings. The number of amides is 3. The highest BCUT2D eigenvalue weighted by Gasteiger charge is 2.30. The minimum Gasteiger partial charge on any atom is -0.480 e. The Kier molecular flexibility index (Phi) is 9.50. The van der Waals surface area contributed by atoms with Gasteiger partial charge in [-0.1, -0.05) is 48.5 Å². The fourth-order valence-electron chi connectivity index (χ4n) is 4.06. The van der Waals surface area contributed by atoms with Crippen molar-refractivity contribution in [2.24, 2.45) is 0 Å². The second-order valence-corrected chi connectivity index (χ2v) is 8.68. The zero-order valence-corrected chi connectivity index (χ0v) is 20.6. The van der Waals surface area contributed by atoms with E-state index >= 15 is 0 Å². The molecule has 1 aliphatic carbocycles. The Balaban J connectivity index is 1.52. The number of hydrogen-bond donors (Lipinski definition) is 6. The molecular formula is C25H27N3O8S. The first kappa shape index (κ1) is 27.5. The van der Waals surface area contributed by atoms with Crippen LogP contribution in [0.3, 0.4) is 0 Å². The molecular weight excluding hydrogens is 502 g/mol.